The SMILES string of the molecule is CC1=C(C(=O)Nc2ccc(C)c(C)c2)[C@H](c2cccs2)NC(=O)N1. The van der Waals surface area contributed by atoms with Crippen molar-refractivity contribution in [2.24, 2.45) is 0 Å². The van der Waals surface area contributed by atoms with Crippen LogP contribution in [0.5, 0.6) is 0 Å². The third kappa shape index (κ3) is 3.19. The zero-order valence-electron chi connectivity index (χ0n) is 13.8. The number of carbonyl (C=O) groups excluding carboxylic acids is 2. The van der Waals surface area contributed by atoms with Crippen molar-refractivity contribution in [3.8, 4) is 0 Å². The molecule has 124 valence electrons. The van der Waals surface area contributed by atoms with E-state index in [2.05, 4.69) is 16.0 Å². The number of hydrogen-bond donors (Lipinski definition) is 3. The minimum Gasteiger partial charge on any atom is -0.326 e. The quantitative estimate of drug-likeness (QED) is 0.798. The van der Waals surface area contributed by atoms with Gasteiger partial charge in [-0.15, -0.1) is 11.3 Å². The van der Waals surface area contributed by atoms with Gasteiger partial charge in [0.2, 0.25) is 0 Å². The Morgan fingerprint density at radius 3 is 2.62 bits per heavy atom. The van der Waals surface area contributed by atoms with E-state index in [9.17, 15) is 9.59 Å². The van der Waals surface area contributed by atoms with Gasteiger partial charge < -0.3 is 16.0 Å². The van der Waals surface area contributed by atoms with E-state index in [-0.39, 0.29) is 11.9 Å². The van der Waals surface area contributed by atoms with Gasteiger partial charge in [-0.05, 0) is 55.5 Å². The largest absolute Gasteiger partial charge is 0.326 e. The molecule has 2 heterocycles. The van der Waals surface area contributed by atoms with Gasteiger partial charge in [0.05, 0.1) is 11.6 Å². The zero-order valence-corrected chi connectivity index (χ0v) is 14.6. The lowest BCUT2D eigenvalue weighted by Crippen LogP contribution is -2.45. The summed E-state index contributed by atoms with van der Waals surface area (Å²) in [5.74, 6) is -0.221. The summed E-state index contributed by atoms with van der Waals surface area (Å²) in [6.07, 6.45) is 0. The summed E-state index contributed by atoms with van der Waals surface area (Å²) < 4.78 is 0. The first-order valence-electron chi connectivity index (χ1n) is 7.66. The highest BCUT2D eigenvalue weighted by molar-refractivity contribution is 7.10. The fourth-order valence-corrected chi connectivity index (χ4v) is 3.47. The molecule has 0 fully saturated rings. The highest BCUT2D eigenvalue weighted by Crippen LogP contribution is 2.30. The molecule has 3 rings (SSSR count). The van der Waals surface area contributed by atoms with Crippen LogP contribution in [-0.2, 0) is 4.79 Å². The van der Waals surface area contributed by atoms with Gasteiger partial charge in [-0.2, -0.15) is 0 Å². The Bertz CT molecular complexity index is 825. The van der Waals surface area contributed by atoms with E-state index in [1.807, 2.05) is 49.6 Å². The van der Waals surface area contributed by atoms with Crippen molar-refractivity contribution in [2.75, 3.05) is 5.32 Å². The standard InChI is InChI=1S/C18H19N3O2S/c1-10-6-7-13(9-11(10)2)20-17(22)15-12(3)19-18(23)21-16(15)14-5-4-8-24-14/h4-9,16H,1-3H3,(H,20,22)(H2,19,21,23)/t16-/m0/s1. The van der Waals surface area contributed by atoms with E-state index in [1.165, 1.54) is 16.9 Å². The molecule has 0 unspecified atom stereocenters. The molecule has 2 aromatic rings. The summed E-state index contributed by atoms with van der Waals surface area (Å²) in [4.78, 5) is 25.6. The molecule has 0 aliphatic carbocycles. The number of hydrogen-bond acceptors (Lipinski definition) is 3. The molecule has 6 heteroatoms. The van der Waals surface area contributed by atoms with Crippen molar-refractivity contribution >= 4 is 29.0 Å². The Kier molecular flexibility index (Phi) is 4.40. The molecule has 24 heavy (non-hydrogen) atoms. The number of thiophene rings is 1. The number of urea groups is 1. The maximum atomic E-state index is 12.8. The molecular weight excluding hydrogens is 322 g/mol. The van der Waals surface area contributed by atoms with Crippen LogP contribution in [0.3, 0.4) is 0 Å². The predicted octanol–water partition coefficient (Wildman–Crippen LogP) is 3.63. The minimum atomic E-state index is -0.440. The first-order chi connectivity index (χ1) is 11.5. The molecule has 0 saturated carbocycles. The molecule has 0 radical (unpaired) electrons. The number of aryl methyl sites for hydroxylation is 2. The fraction of sp³-hybridized carbons (Fsp3) is 0.222. The second-order valence-electron chi connectivity index (χ2n) is 5.84. The molecule has 3 amide bonds. The summed E-state index contributed by atoms with van der Waals surface area (Å²) >= 11 is 1.51. The average Bonchev–Trinajstić information content (AvgIpc) is 3.04. The monoisotopic (exact) mass is 341 g/mol. The van der Waals surface area contributed by atoms with E-state index in [0.717, 1.165) is 16.1 Å². The Labute approximate surface area is 144 Å². The topological polar surface area (TPSA) is 70.2 Å². The third-order valence-electron chi connectivity index (χ3n) is 4.11. The van der Waals surface area contributed by atoms with Gasteiger partial charge in [0.1, 0.15) is 0 Å². The maximum Gasteiger partial charge on any atom is 0.319 e. The predicted molar refractivity (Wildman–Crippen MR) is 96.0 cm³/mol. The second kappa shape index (κ2) is 6.49. The Morgan fingerprint density at radius 1 is 1.17 bits per heavy atom. The number of anilines is 1. The van der Waals surface area contributed by atoms with Crippen LogP contribution in [0.2, 0.25) is 0 Å². The molecule has 1 aliphatic rings. The van der Waals surface area contributed by atoms with Crippen molar-refractivity contribution in [3.63, 3.8) is 0 Å². The van der Waals surface area contributed by atoms with Crippen LogP contribution >= 0.6 is 11.3 Å². The van der Waals surface area contributed by atoms with Crippen molar-refractivity contribution in [1.29, 1.82) is 0 Å². The van der Waals surface area contributed by atoms with Crippen LogP contribution in [0, 0.1) is 13.8 Å². The van der Waals surface area contributed by atoms with Gasteiger partial charge in [-0.3, -0.25) is 4.79 Å². The smallest absolute Gasteiger partial charge is 0.319 e. The third-order valence-corrected chi connectivity index (χ3v) is 5.04. The molecule has 0 spiro atoms. The van der Waals surface area contributed by atoms with E-state index >= 15 is 0 Å². The second-order valence-corrected chi connectivity index (χ2v) is 6.82. The molecule has 1 aromatic heterocycles. The summed E-state index contributed by atoms with van der Waals surface area (Å²) in [5, 5.41) is 10.4. The normalized spacial score (nSPS) is 17.3. The van der Waals surface area contributed by atoms with Crippen molar-refractivity contribution < 1.29 is 9.59 Å². The average molecular weight is 341 g/mol. The highest BCUT2D eigenvalue weighted by atomic mass is 32.1. The number of rotatable bonds is 3. The number of benzene rings is 1. The van der Waals surface area contributed by atoms with Crippen molar-refractivity contribution in [3.05, 3.63) is 63.0 Å². The van der Waals surface area contributed by atoms with Gasteiger partial charge in [0, 0.05) is 16.3 Å². The minimum absolute atomic E-state index is 0.221. The van der Waals surface area contributed by atoms with Crippen LogP contribution in [0.25, 0.3) is 0 Å². The van der Waals surface area contributed by atoms with Gasteiger partial charge in [-0.1, -0.05) is 12.1 Å². The van der Waals surface area contributed by atoms with Crippen molar-refractivity contribution in [1.82, 2.24) is 10.6 Å². The zero-order chi connectivity index (χ0) is 17.3. The first kappa shape index (κ1) is 16.3. The van der Waals surface area contributed by atoms with Gasteiger partial charge in [-0.25, -0.2) is 4.79 Å². The Morgan fingerprint density at radius 2 is 1.96 bits per heavy atom. The van der Waals surface area contributed by atoms with Crippen LogP contribution in [0.4, 0.5) is 10.5 Å². The number of amides is 3. The number of nitrogens with one attached hydrogen (secondary N) is 3. The molecule has 0 saturated heterocycles. The Balaban J connectivity index is 1.91. The van der Waals surface area contributed by atoms with Crippen LogP contribution in [0.1, 0.15) is 29.0 Å². The summed E-state index contributed by atoms with van der Waals surface area (Å²) in [5.41, 5.74) is 4.12. The molecule has 1 aromatic carbocycles. The fourth-order valence-electron chi connectivity index (χ4n) is 2.68. The summed E-state index contributed by atoms with van der Waals surface area (Å²) in [6.45, 7) is 5.78. The van der Waals surface area contributed by atoms with E-state index in [4.69, 9.17) is 0 Å². The van der Waals surface area contributed by atoms with Crippen LogP contribution < -0.4 is 16.0 Å². The lowest BCUT2D eigenvalue weighted by molar-refractivity contribution is -0.113. The molecule has 0 bridgehead atoms. The molecule has 3 N–H and O–H groups in total. The number of allylic oxidation sites excluding steroid dienone is 1. The summed E-state index contributed by atoms with van der Waals surface area (Å²) in [6, 6.07) is 8.88. The van der Waals surface area contributed by atoms with Gasteiger partial charge in [0.25, 0.3) is 5.91 Å². The molecule has 1 atom stereocenters. The van der Waals surface area contributed by atoms with E-state index in [0.29, 0.717) is 11.3 Å². The van der Waals surface area contributed by atoms with Crippen molar-refractivity contribution in [2.45, 2.75) is 26.8 Å². The Hall–Kier alpha value is -2.60. The molecule has 1 aliphatic heterocycles. The van der Waals surface area contributed by atoms with E-state index < -0.39 is 6.04 Å². The lowest BCUT2D eigenvalue weighted by atomic mass is 10.0. The summed E-state index contributed by atoms with van der Waals surface area (Å²) in [7, 11) is 0. The van der Waals surface area contributed by atoms with E-state index in [1.54, 1.807) is 6.92 Å². The maximum absolute atomic E-state index is 12.8. The van der Waals surface area contributed by atoms with Gasteiger partial charge >= 0.3 is 6.03 Å². The van der Waals surface area contributed by atoms with Crippen LogP contribution in [-0.4, -0.2) is 11.9 Å². The highest BCUT2D eigenvalue weighted by Gasteiger charge is 2.31. The van der Waals surface area contributed by atoms with Crippen LogP contribution in [0.15, 0.2) is 47.0 Å². The lowest BCUT2D eigenvalue weighted by Gasteiger charge is -2.27. The first-order valence-corrected chi connectivity index (χ1v) is 8.54. The number of carbonyl (C=O) groups is 2. The molecular formula is C18H19N3O2S. The van der Waals surface area contributed by atoms with Gasteiger partial charge in [0.15, 0.2) is 0 Å². The molecule has 5 nitrogen and oxygen atoms in total.